The molecule has 1 aliphatic carbocycles. The van der Waals surface area contributed by atoms with Gasteiger partial charge in [0.1, 0.15) is 0 Å². The largest absolute Gasteiger partial charge is 0.342 e. The Morgan fingerprint density at radius 2 is 1.81 bits per heavy atom. The lowest BCUT2D eigenvalue weighted by atomic mass is 9.62. The van der Waals surface area contributed by atoms with Gasteiger partial charge in [0, 0.05) is 19.6 Å². The van der Waals surface area contributed by atoms with E-state index in [2.05, 4.69) is 20.8 Å². The summed E-state index contributed by atoms with van der Waals surface area (Å²) in [5, 5.41) is 0. The minimum atomic E-state index is -0.218. The predicted octanol–water partition coefficient (Wildman–Crippen LogP) is 2.01. The Balaban J connectivity index is 2.65. The molecule has 0 aromatic heterocycles. The highest BCUT2D eigenvalue weighted by molar-refractivity contribution is 5.84. The zero-order valence-electron chi connectivity index (χ0n) is 11.0. The van der Waals surface area contributed by atoms with Gasteiger partial charge in [0.05, 0.1) is 5.41 Å². The van der Waals surface area contributed by atoms with E-state index in [4.69, 9.17) is 5.73 Å². The molecule has 2 N–H and O–H groups in total. The van der Waals surface area contributed by atoms with Gasteiger partial charge in [0.15, 0.2) is 0 Å². The Morgan fingerprint density at radius 1 is 1.31 bits per heavy atom. The van der Waals surface area contributed by atoms with Crippen LogP contribution in [-0.2, 0) is 4.79 Å². The third-order valence-electron chi connectivity index (χ3n) is 3.60. The molecule has 94 valence electrons. The zero-order valence-corrected chi connectivity index (χ0v) is 11.0. The third-order valence-corrected chi connectivity index (χ3v) is 3.60. The zero-order chi connectivity index (χ0) is 12.2. The van der Waals surface area contributed by atoms with Crippen molar-refractivity contribution in [2.45, 2.75) is 46.5 Å². The first kappa shape index (κ1) is 13.5. The molecular formula is C13H26N2O. The lowest BCUT2D eigenvalue weighted by molar-refractivity contribution is -0.149. The smallest absolute Gasteiger partial charge is 0.230 e. The number of hydrogen-bond acceptors (Lipinski definition) is 2. The van der Waals surface area contributed by atoms with E-state index >= 15 is 0 Å². The van der Waals surface area contributed by atoms with Crippen molar-refractivity contribution >= 4 is 5.91 Å². The second kappa shape index (κ2) is 5.67. The van der Waals surface area contributed by atoms with E-state index in [1.54, 1.807) is 0 Å². The van der Waals surface area contributed by atoms with E-state index in [0.717, 1.165) is 38.8 Å². The molecule has 0 heterocycles. The lowest BCUT2D eigenvalue weighted by Gasteiger charge is -2.46. The molecule has 0 unspecified atom stereocenters. The monoisotopic (exact) mass is 226 g/mol. The number of carbonyl (C=O) groups excluding carboxylic acids is 1. The van der Waals surface area contributed by atoms with Gasteiger partial charge in [-0.05, 0) is 31.6 Å². The average molecular weight is 226 g/mol. The van der Waals surface area contributed by atoms with Crippen LogP contribution in [0.25, 0.3) is 0 Å². The van der Waals surface area contributed by atoms with Gasteiger partial charge in [0.2, 0.25) is 5.91 Å². The van der Waals surface area contributed by atoms with Crippen molar-refractivity contribution < 1.29 is 4.79 Å². The number of amides is 1. The molecule has 1 rings (SSSR count). The minimum Gasteiger partial charge on any atom is -0.342 e. The molecule has 1 amide bonds. The molecule has 3 nitrogen and oxygen atoms in total. The summed E-state index contributed by atoms with van der Waals surface area (Å²) >= 11 is 0. The van der Waals surface area contributed by atoms with Gasteiger partial charge in [-0.25, -0.2) is 0 Å². The summed E-state index contributed by atoms with van der Waals surface area (Å²) in [6.45, 7) is 8.71. The highest BCUT2D eigenvalue weighted by atomic mass is 16.2. The van der Waals surface area contributed by atoms with Crippen LogP contribution in [0.2, 0.25) is 0 Å². The first-order valence-corrected chi connectivity index (χ1v) is 6.59. The van der Waals surface area contributed by atoms with Crippen molar-refractivity contribution in [2.75, 3.05) is 19.6 Å². The maximum Gasteiger partial charge on any atom is 0.230 e. The predicted molar refractivity (Wildman–Crippen MR) is 67.0 cm³/mol. The molecule has 16 heavy (non-hydrogen) atoms. The van der Waals surface area contributed by atoms with Crippen LogP contribution in [-0.4, -0.2) is 30.4 Å². The van der Waals surface area contributed by atoms with E-state index in [9.17, 15) is 4.79 Å². The van der Waals surface area contributed by atoms with Crippen LogP contribution < -0.4 is 5.73 Å². The van der Waals surface area contributed by atoms with Crippen LogP contribution in [0.4, 0.5) is 0 Å². The fourth-order valence-corrected chi connectivity index (χ4v) is 2.89. The van der Waals surface area contributed by atoms with Gasteiger partial charge < -0.3 is 10.6 Å². The molecule has 0 bridgehead atoms. The number of hydrogen-bond donors (Lipinski definition) is 1. The SMILES string of the molecule is CCCN(CCC)C(=O)C1(CN)CC(C)C1. The Bertz CT molecular complexity index is 228. The van der Waals surface area contributed by atoms with Gasteiger partial charge in [-0.15, -0.1) is 0 Å². The quantitative estimate of drug-likeness (QED) is 0.753. The highest BCUT2D eigenvalue weighted by Crippen LogP contribution is 2.45. The van der Waals surface area contributed by atoms with E-state index in [1.165, 1.54) is 0 Å². The Kier molecular flexibility index (Phi) is 4.78. The lowest BCUT2D eigenvalue weighted by Crippen LogP contribution is -2.54. The van der Waals surface area contributed by atoms with Crippen LogP contribution in [0.5, 0.6) is 0 Å². The van der Waals surface area contributed by atoms with Gasteiger partial charge in [0.25, 0.3) is 0 Å². The Morgan fingerprint density at radius 3 is 2.12 bits per heavy atom. The summed E-state index contributed by atoms with van der Waals surface area (Å²) in [7, 11) is 0. The standard InChI is InChI=1S/C13H26N2O/c1-4-6-15(7-5-2)12(16)13(10-14)8-11(3)9-13/h11H,4-10,14H2,1-3H3. The van der Waals surface area contributed by atoms with E-state index in [0.29, 0.717) is 18.4 Å². The average Bonchev–Trinajstić information content (AvgIpc) is 2.23. The van der Waals surface area contributed by atoms with Gasteiger partial charge in [-0.2, -0.15) is 0 Å². The van der Waals surface area contributed by atoms with Crippen molar-refractivity contribution in [1.29, 1.82) is 0 Å². The van der Waals surface area contributed by atoms with Crippen LogP contribution in [0.3, 0.4) is 0 Å². The fraction of sp³-hybridized carbons (Fsp3) is 0.923. The summed E-state index contributed by atoms with van der Waals surface area (Å²) in [6.07, 6.45) is 4.02. The topological polar surface area (TPSA) is 46.3 Å². The van der Waals surface area contributed by atoms with Crippen LogP contribution in [0.1, 0.15) is 46.5 Å². The molecule has 3 heteroatoms. The maximum absolute atomic E-state index is 12.4. The molecule has 0 saturated heterocycles. The van der Waals surface area contributed by atoms with Crippen molar-refractivity contribution in [3.8, 4) is 0 Å². The highest BCUT2D eigenvalue weighted by Gasteiger charge is 2.48. The van der Waals surface area contributed by atoms with Gasteiger partial charge in [-0.1, -0.05) is 20.8 Å². The molecule has 1 aliphatic rings. The molecule has 0 aliphatic heterocycles. The summed E-state index contributed by atoms with van der Waals surface area (Å²) in [4.78, 5) is 14.5. The maximum atomic E-state index is 12.4. The second-order valence-corrected chi connectivity index (χ2v) is 5.29. The van der Waals surface area contributed by atoms with Crippen LogP contribution in [0, 0.1) is 11.3 Å². The molecule has 0 radical (unpaired) electrons. The number of nitrogens with two attached hydrogens (primary N) is 1. The fourth-order valence-electron chi connectivity index (χ4n) is 2.89. The summed E-state index contributed by atoms with van der Waals surface area (Å²) < 4.78 is 0. The molecule has 1 saturated carbocycles. The molecule has 1 fully saturated rings. The Labute approximate surface area is 99.4 Å². The van der Waals surface area contributed by atoms with Crippen molar-refractivity contribution in [1.82, 2.24) is 4.90 Å². The summed E-state index contributed by atoms with van der Waals surface area (Å²) in [6, 6.07) is 0. The molecular weight excluding hydrogens is 200 g/mol. The molecule has 0 spiro atoms. The van der Waals surface area contributed by atoms with Crippen molar-refractivity contribution in [2.24, 2.45) is 17.1 Å². The number of nitrogens with zero attached hydrogens (tertiary/aromatic N) is 1. The molecule has 0 atom stereocenters. The van der Waals surface area contributed by atoms with Crippen LogP contribution in [0.15, 0.2) is 0 Å². The van der Waals surface area contributed by atoms with E-state index in [-0.39, 0.29) is 5.41 Å². The normalized spacial score (nSPS) is 28.6. The third kappa shape index (κ3) is 2.57. The molecule has 0 aromatic rings. The second-order valence-electron chi connectivity index (χ2n) is 5.29. The first-order valence-electron chi connectivity index (χ1n) is 6.59. The van der Waals surface area contributed by atoms with E-state index in [1.807, 2.05) is 4.90 Å². The minimum absolute atomic E-state index is 0.218. The number of carbonyl (C=O) groups is 1. The summed E-state index contributed by atoms with van der Waals surface area (Å²) in [5.74, 6) is 0.967. The van der Waals surface area contributed by atoms with Crippen LogP contribution >= 0.6 is 0 Å². The first-order chi connectivity index (χ1) is 7.59. The van der Waals surface area contributed by atoms with Crippen molar-refractivity contribution in [3.05, 3.63) is 0 Å². The van der Waals surface area contributed by atoms with Crippen molar-refractivity contribution in [3.63, 3.8) is 0 Å². The molecule has 0 aromatic carbocycles. The van der Waals surface area contributed by atoms with E-state index < -0.39 is 0 Å². The summed E-state index contributed by atoms with van der Waals surface area (Å²) in [5.41, 5.74) is 5.60. The van der Waals surface area contributed by atoms with Gasteiger partial charge >= 0.3 is 0 Å². The van der Waals surface area contributed by atoms with Gasteiger partial charge in [-0.3, -0.25) is 4.79 Å². The Hall–Kier alpha value is -0.570. The number of rotatable bonds is 6.